The Morgan fingerprint density at radius 3 is 2.53 bits per heavy atom. The molecular weight excluding hydrogens is 191 g/mol. The van der Waals surface area contributed by atoms with E-state index in [0.29, 0.717) is 5.46 Å². The third-order valence-electron chi connectivity index (χ3n) is 2.85. The number of hydrogen-bond acceptors (Lipinski definition) is 4. The Balaban J connectivity index is 2.24. The molecule has 1 aliphatic rings. The number of pyridine rings is 1. The molecule has 1 aromatic rings. The standard InChI is InChI=1S/C10H15BN2O2/c1-8-6-10(13-4-2-3-5-13)12-7-9(8)11(14)15/h6-7,14-15H,2-5H2,1H3. The lowest BCUT2D eigenvalue weighted by Crippen LogP contribution is -2.33. The molecule has 0 amide bonds. The summed E-state index contributed by atoms with van der Waals surface area (Å²) in [6, 6.07) is 1.92. The molecule has 4 nitrogen and oxygen atoms in total. The van der Waals surface area contributed by atoms with Gasteiger partial charge in [-0.05, 0) is 31.4 Å². The zero-order chi connectivity index (χ0) is 10.8. The molecule has 15 heavy (non-hydrogen) atoms. The van der Waals surface area contributed by atoms with Crippen molar-refractivity contribution in [2.24, 2.45) is 0 Å². The van der Waals surface area contributed by atoms with E-state index in [1.807, 2.05) is 13.0 Å². The van der Waals surface area contributed by atoms with Crippen molar-refractivity contribution in [1.29, 1.82) is 0 Å². The third-order valence-corrected chi connectivity index (χ3v) is 2.85. The lowest BCUT2D eigenvalue weighted by Gasteiger charge is -2.17. The summed E-state index contributed by atoms with van der Waals surface area (Å²) in [7, 11) is -1.43. The predicted octanol–water partition coefficient (Wildman–Crippen LogP) is -0.330. The minimum absolute atomic E-state index is 0.484. The minimum atomic E-state index is -1.43. The van der Waals surface area contributed by atoms with Crippen LogP contribution in [0.25, 0.3) is 0 Å². The summed E-state index contributed by atoms with van der Waals surface area (Å²) in [5.41, 5.74) is 1.36. The molecule has 2 heterocycles. The maximum Gasteiger partial charge on any atom is 0.490 e. The zero-order valence-electron chi connectivity index (χ0n) is 8.85. The summed E-state index contributed by atoms with van der Waals surface area (Å²) >= 11 is 0. The number of anilines is 1. The van der Waals surface area contributed by atoms with Gasteiger partial charge >= 0.3 is 7.12 Å². The molecule has 2 rings (SSSR count). The highest BCUT2D eigenvalue weighted by Gasteiger charge is 2.18. The van der Waals surface area contributed by atoms with Crippen LogP contribution in [0.15, 0.2) is 12.3 Å². The van der Waals surface area contributed by atoms with E-state index in [-0.39, 0.29) is 0 Å². The summed E-state index contributed by atoms with van der Waals surface area (Å²) in [6.45, 7) is 3.97. The van der Waals surface area contributed by atoms with E-state index in [2.05, 4.69) is 9.88 Å². The molecular formula is C10H15BN2O2. The van der Waals surface area contributed by atoms with Crippen LogP contribution in [0.1, 0.15) is 18.4 Å². The van der Waals surface area contributed by atoms with Gasteiger partial charge in [0.05, 0.1) is 0 Å². The van der Waals surface area contributed by atoms with E-state index in [9.17, 15) is 0 Å². The van der Waals surface area contributed by atoms with E-state index in [0.717, 1.165) is 24.5 Å². The monoisotopic (exact) mass is 206 g/mol. The fraction of sp³-hybridized carbons (Fsp3) is 0.500. The van der Waals surface area contributed by atoms with Crippen molar-refractivity contribution in [3.63, 3.8) is 0 Å². The van der Waals surface area contributed by atoms with Crippen LogP contribution in [-0.2, 0) is 0 Å². The van der Waals surface area contributed by atoms with E-state index in [1.165, 1.54) is 12.8 Å². The van der Waals surface area contributed by atoms with Crippen molar-refractivity contribution in [2.75, 3.05) is 18.0 Å². The zero-order valence-corrected chi connectivity index (χ0v) is 8.85. The predicted molar refractivity (Wildman–Crippen MR) is 60.2 cm³/mol. The maximum absolute atomic E-state index is 9.06. The molecule has 0 aliphatic carbocycles. The van der Waals surface area contributed by atoms with Crippen molar-refractivity contribution in [3.05, 3.63) is 17.8 Å². The van der Waals surface area contributed by atoms with Gasteiger partial charge in [0.15, 0.2) is 0 Å². The number of aryl methyl sites for hydroxylation is 1. The van der Waals surface area contributed by atoms with Gasteiger partial charge in [-0.15, -0.1) is 0 Å². The van der Waals surface area contributed by atoms with Crippen molar-refractivity contribution in [1.82, 2.24) is 4.98 Å². The fourth-order valence-electron chi connectivity index (χ4n) is 1.94. The Kier molecular flexibility index (Phi) is 2.93. The van der Waals surface area contributed by atoms with Crippen LogP contribution < -0.4 is 10.4 Å². The average Bonchev–Trinajstić information content (AvgIpc) is 2.69. The van der Waals surface area contributed by atoms with Crippen LogP contribution in [-0.4, -0.2) is 35.2 Å². The fourth-order valence-corrected chi connectivity index (χ4v) is 1.94. The van der Waals surface area contributed by atoms with Crippen LogP contribution in [0, 0.1) is 6.92 Å². The first-order chi connectivity index (χ1) is 7.18. The van der Waals surface area contributed by atoms with E-state index < -0.39 is 7.12 Å². The van der Waals surface area contributed by atoms with Gasteiger partial charge < -0.3 is 14.9 Å². The largest absolute Gasteiger partial charge is 0.490 e. The minimum Gasteiger partial charge on any atom is -0.423 e. The molecule has 1 aromatic heterocycles. The average molecular weight is 206 g/mol. The molecule has 1 aliphatic heterocycles. The summed E-state index contributed by atoms with van der Waals surface area (Å²) in [5, 5.41) is 18.1. The SMILES string of the molecule is Cc1cc(N2CCCC2)ncc1B(O)O. The molecule has 2 N–H and O–H groups in total. The Bertz CT molecular complexity index is 351. The molecule has 1 saturated heterocycles. The van der Waals surface area contributed by atoms with Gasteiger partial charge in [0.1, 0.15) is 5.82 Å². The molecule has 80 valence electrons. The van der Waals surface area contributed by atoms with E-state index in [1.54, 1.807) is 6.20 Å². The Hall–Kier alpha value is -1.07. The van der Waals surface area contributed by atoms with Crippen LogP contribution in [0.5, 0.6) is 0 Å². The highest BCUT2D eigenvalue weighted by atomic mass is 16.4. The molecule has 0 aromatic carbocycles. The first-order valence-electron chi connectivity index (χ1n) is 5.26. The summed E-state index contributed by atoms with van der Waals surface area (Å²) in [5.74, 6) is 0.939. The molecule has 0 saturated carbocycles. The molecule has 0 radical (unpaired) electrons. The van der Waals surface area contributed by atoms with Crippen molar-refractivity contribution < 1.29 is 10.0 Å². The van der Waals surface area contributed by atoms with Crippen molar-refractivity contribution >= 4 is 18.4 Å². The van der Waals surface area contributed by atoms with Crippen molar-refractivity contribution in [2.45, 2.75) is 19.8 Å². The second-order valence-electron chi connectivity index (χ2n) is 3.97. The summed E-state index contributed by atoms with van der Waals surface area (Å²) < 4.78 is 0. The highest BCUT2D eigenvalue weighted by molar-refractivity contribution is 6.59. The normalized spacial score (nSPS) is 15.8. The molecule has 1 fully saturated rings. The Morgan fingerprint density at radius 2 is 2.00 bits per heavy atom. The second kappa shape index (κ2) is 4.20. The van der Waals surface area contributed by atoms with Crippen molar-refractivity contribution in [3.8, 4) is 0 Å². The smallest absolute Gasteiger partial charge is 0.423 e. The van der Waals surface area contributed by atoms with Gasteiger partial charge in [0, 0.05) is 24.7 Å². The van der Waals surface area contributed by atoms with Gasteiger partial charge in [-0.1, -0.05) is 0 Å². The van der Waals surface area contributed by atoms with E-state index in [4.69, 9.17) is 10.0 Å². The lowest BCUT2D eigenvalue weighted by atomic mass is 9.79. The first kappa shape index (κ1) is 10.5. The van der Waals surface area contributed by atoms with Gasteiger partial charge in [0.2, 0.25) is 0 Å². The molecule has 0 spiro atoms. The van der Waals surface area contributed by atoms with Gasteiger partial charge in [-0.3, -0.25) is 0 Å². The number of rotatable bonds is 2. The third kappa shape index (κ3) is 2.13. The molecule has 5 heteroatoms. The summed E-state index contributed by atoms with van der Waals surface area (Å²) in [4.78, 5) is 6.47. The van der Waals surface area contributed by atoms with Crippen LogP contribution in [0.3, 0.4) is 0 Å². The maximum atomic E-state index is 9.06. The first-order valence-corrected chi connectivity index (χ1v) is 5.26. The van der Waals surface area contributed by atoms with Crippen LogP contribution >= 0.6 is 0 Å². The quantitative estimate of drug-likeness (QED) is 0.650. The highest BCUT2D eigenvalue weighted by Crippen LogP contribution is 2.17. The van der Waals surface area contributed by atoms with Crippen LogP contribution in [0.2, 0.25) is 0 Å². The second-order valence-corrected chi connectivity index (χ2v) is 3.97. The Labute approximate surface area is 89.7 Å². The molecule has 0 bridgehead atoms. The van der Waals surface area contributed by atoms with E-state index >= 15 is 0 Å². The number of nitrogens with zero attached hydrogens (tertiary/aromatic N) is 2. The summed E-state index contributed by atoms with van der Waals surface area (Å²) in [6.07, 6.45) is 3.98. The molecule has 0 unspecified atom stereocenters. The van der Waals surface area contributed by atoms with Crippen LogP contribution in [0.4, 0.5) is 5.82 Å². The van der Waals surface area contributed by atoms with Gasteiger partial charge in [-0.25, -0.2) is 4.98 Å². The lowest BCUT2D eigenvalue weighted by molar-refractivity contribution is 0.425. The number of hydrogen-bond donors (Lipinski definition) is 2. The molecule has 0 atom stereocenters. The van der Waals surface area contributed by atoms with Gasteiger partial charge in [-0.2, -0.15) is 0 Å². The topological polar surface area (TPSA) is 56.6 Å². The Morgan fingerprint density at radius 1 is 1.33 bits per heavy atom. The number of aromatic nitrogens is 1. The van der Waals surface area contributed by atoms with Gasteiger partial charge in [0.25, 0.3) is 0 Å².